The summed E-state index contributed by atoms with van der Waals surface area (Å²) in [5, 5.41) is 1.37. The molecular formula is C22H22N2O. The fraction of sp³-hybridized carbons (Fsp3) is 0.273. The number of H-pyrrole nitrogens is 1. The fourth-order valence-electron chi connectivity index (χ4n) is 4.51. The monoisotopic (exact) mass is 330 g/mol. The van der Waals surface area contributed by atoms with Crippen molar-refractivity contribution in [3.63, 3.8) is 0 Å². The molecule has 3 aromatic rings. The minimum atomic E-state index is 0.255. The summed E-state index contributed by atoms with van der Waals surface area (Å²) in [5.74, 6) is 1.08. The maximum atomic E-state index is 5.70. The van der Waals surface area contributed by atoms with E-state index in [9.17, 15) is 0 Å². The number of aromatic nitrogens is 1. The summed E-state index contributed by atoms with van der Waals surface area (Å²) in [7, 11) is 1.79. The van der Waals surface area contributed by atoms with Crippen molar-refractivity contribution in [2.75, 3.05) is 13.7 Å². The molecule has 0 radical (unpaired) electrons. The Kier molecular flexibility index (Phi) is 3.42. The molecule has 3 heteroatoms. The molecule has 0 bridgehead atoms. The Morgan fingerprint density at radius 2 is 1.84 bits per heavy atom. The van der Waals surface area contributed by atoms with Gasteiger partial charge >= 0.3 is 0 Å². The molecule has 0 amide bonds. The summed E-state index contributed by atoms with van der Waals surface area (Å²) in [6, 6.07) is 20.1. The molecule has 2 aromatic carbocycles. The van der Waals surface area contributed by atoms with Crippen LogP contribution in [-0.2, 0) is 11.2 Å². The third-order valence-electron chi connectivity index (χ3n) is 5.70. The lowest BCUT2D eigenvalue weighted by atomic mass is 9.88. The first-order valence-electron chi connectivity index (χ1n) is 9.00. The zero-order valence-corrected chi connectivity index (χ0v) is 14.4. The van der Waals surface area contributed by atoms with Gasteiger partial charge in [0.15, 0.2) is 0 Å². The number of ether oxygens (including phenoxy) is 1. The largest absolute Gasteiger partial charge is 0.501 e. The minimum absolute atomic E-state index is 0.255. The van der Waals surface area contributed by atoms with Crippen LogP contribution in [0.25, 0.3) is 10.9 Å². The Bertz CT molecular complexity index is 941. The maximum Gasteiger partial charge on any atom is 0.0954 e. The molecule has 0 saturated carbocycles. The van der Waals surface area contributed by atoms with Crippen molar-refractivity contribution in [3.05, 3.63) is 83.3 Å². The zero-order chi connectivity index (χ0) is 16.8. The number of nitrogens with zero attached hydrogens (tertiary/aromatic N) is 1. The van der Waals surface area contributed by atoms with Crippen LogP contribution in [-0.4, -0.2) is 23.5 Å². The van der Waals surface area contributed by atoms with Gasteiger partial charge < -0.3 is 9.72 Å². The van der Waals surface area contributed by atoms with Gasteiger partial charge in [-0.2, -0.15) is 0 Å². The lowest BCUT2D eigenvalue weighted by Crippen LogP contribution is -2.40. The van der Waals surface area contributed by atoms with Crippen LogP contribution in [0.4, 0.5) is 0 Å². The number of aromatic amines is 1. The van der Waals surface area contributed by atoms with Gasteiger partial charge in [0.2, 0.25) is 0 Å². The highest BCUT2D eigenvalue weighted by atomic mass is 16.5. The molecule has 3 nitrogen and oxygen atoms in total. The van der Waals surface area contributed by atoms with Gasteiger partial charge in [-0.1, -0.05) is 48.5 Å². The van der Waals surface area contributed by atoms with Gasteiger partial charge in [0.25, 0.3) is 0 Å². The van der Waals surface area contributed by atoms with Crippen molar-refractivity contribution in [2.45, 2.75) is 24.9 Å². The fourth-order valence-corrected chi connectivity index (χ4v) is 4.51. The number of hydrogen-bond donors (Lipinski definition) is 1. The van der Waals surface area contributed by atoms with Gasteiger partial charge in [-0.05, 0) is 29.7 Å². The third-order valence-corrected chi connectivity index (χ3v) is 5.70. The number of nitrogens with one attached hydrogen (secondary N) is 1. The van der Waals surface area contributed by atoms with Crippen molar-refractivity contribution >= 4 is 10.9 Å². The molecular weight excluding hydrogens is 308 g/mol. The molecule has 126 valence electrons. The SMILES string of the molecule is COC1=C[C@@H]2c3[nH]c4ccccc4c3CCN2[C@H](c2ccccc2)C1. The van der Waals surface area contributed by atoms with Gasteiger partial charge in [-0.25, -0.2) is 0 Å². The van der Waals surface area contributed by atoms with E-state index < -0.39 is 0 Å². The third kappa shape index (κ3) is 2.30. The molecule has 2 aliphatic heterocycles. The van der Waals surface area contributed by atoms with E-state index in [0.717, 1.165) is 25.1 Å². The maximum absolute atomic E-state index is 5.70. The van der Waals surface area contributed by atoms with Crippen molar-refractivity contribution in [2.24, 2.45) is 0 Å². The van der Waals surface area contributed by atoms with Crippen LogP contribution in [0, 0.1) is 0 Å². The second-order valence-corrected chi connectivity index (χ2v) is 6.96. The summed E-state index contributed by atoms with van der Waals surface area (Å²) >= 11 is 0. The van der Waals surface area contributed by atoms with E-state index in [1.54, 1.807) is 7.11 Å². The Hall–Kier alpha value is -2.52. The van der Waals surface area contributed by atoms with Gasteiger partial charge in [0, 0.05) is 35.6 Å². The average molecular weight is 330 g/mol. The number of hydrogen-bond acceptors (Lipinski definition) is 2. The van der Waals surface area contributed by atoms with Crippen LogP contribution in [0.15, 0.2) is 66.4 Å². The van der Waals surface area contributed by atoms with Crippen molar-refractivity contribution in [3.8, 4) is 0 Å². The summed E-state index contributed by atoms with van der Waals surface area (Å²) in [5.41, 5.74) is 5.41. The molecule has 5 rings (SSSR count). The van der Waals surface area contributed by atoms with E-state index in [-0.39, 0.29) is 6.04 Å². The Balaban J connectivity index is 1.64. The molecule has 0 fully saturated rings. The molecule has 1 aromatic heterocycles. The topological polar surface area (TPSA) is 28.3 Å². The summed E-state index contributed by atoms with van der Waals surface area (Å²) in [4.78, 5) is 6.31. The van der Waals surface area contributed by atoms with Crippen molar-refractivity contribution in [1.82, 2.24) is 9.88 Å². The molecule has 2 atom stereocenters. The molecule has 1 N–H and O–H groups in total. The average Bonchev–Trinajstić information content (AvgIpc) is 3.07. The number of benzene rings is 2. The van der Waals surface area contributed by atoms with Crippen LogP contribution in [0.2, 0.25) is 0 Å². The van der Waals surface area contributed by atoms with Crippen LogP contribution in [0.1, 0.15) is 35.3 Å². The molecule has 2 aliphatic rings. The number of rotatable bonds is 2. The Morgan fingerprint density at radius 3 is 2.68 bits per heavy atom. The van der Waals surface area contributed by atoms with Crippen molar-refractivity contribution < 1.29 is 4.74 Å². The normalized spacial score (nSPS) is 23.0. The van der Waals surface area contributed by atoms with Crippen molar-refractivity contribution in [1.29, 1.82) is 0 Å². The molecule has 0 unspecified atom stereocenters. The second kappa shape index (κ2) is 5.78. The Morgan fingerprint density at radius 1 is 1.04 bits per heavy atom. The highest BCUT2D eigenvalue weighted by Crippen LogP contribution is 2.45. The van der Waals surface area contributed by atoms with Crippen LogP contribution < -0.4 is 0 Å². The first-order chi connectivity index (χ1) is 12.3. The van der Waals surface area contributed by atoms with E-state index in [1.807, 2.05) is 0 Å². The highest BCUT2D eigenvalue weighted by molar-refractivity contribution is 5.85. The number of methoxy groups -OCH3 is 1. The van der Waals surface area contributed by atoms with Gasteiger partial charge in [-0.15, -0.1) is 0 Å². The molecule has 0 aliphatic carbocycles. The standard InChI is InChI=1S/C22H22N2O/c1-25-16-13-20(15-7-3-2-4-8-15)24-12-11-18-17-9-5-6-10-19(17)23-22(18)21(24)14-16/h2-10,14,20-21,23H,11-13H2,1H3/t20-,21+/m0/s1. The van der Waals surface area contributed by atoms with E-state index >= 15 is 0 Å². The van der Waals surface area contributed by atoms with Crippen LogP contribution in [0.3, 0.4) is 0 Å². The molecule has 0 spiro atoms. The lowest BCUT2D eigenvalue weighted by Gasteiger charge is -2.43. The second-order valence-electron chi connectivity index (χ2n) is 6.96. The minimum Gasteiger partial charge on any atom is -0.501 e. The van der Waals surface area contributed by atoms with E-state index in [1.165, 1.54) is 27.7 Å². The van der Waals surface area contributed by atoms with E-state index in [2.05, 4.69) is 70.6 Å². The van der Waals surface area contributed by atoms with Crippen LogP contribution >= 0.6 is 0 Å². The number of para-hydroxylation sites is 1. The predicted molar refractivity (Wildman–Crippen MR) is 100 cm³/mol. The molecule has 3 heterocycles. The van der Waals surface area contributed by atoms with E-state index in [4.69, 9.17) is 4.74 Å². The smallest absolute Gasteiger partial charge is 0.0954 e. The quantitative estimate of drug-likeness (QED) is 0.735. The van der Waals surface area contributed by atoms with Crippen LogP contribution in [0.5, 0.6) is 0 Å². The highest BCUT2D eigenvalue weighted by Gasteiger charge is 2.37. The first kappa shape index (κ1) is 14.8. The van der Waals surface area contributed by atoms with Gasteiger partial charge in [-0.3, -0.25) is 4.90 Å². The van der Waals surface area contributed by atoms with E-state index in [0.29, 0.717) is 6.04 Å². The molecule has 0 saturated heterocycles. The van der Waals surface area contributed by atoms with Gasteiger partial charge in [0.05, 0.1) is 18.9 Å². The predicted octanol–water partition coefficient (Wildman–Crippen LogP) is 4.74. The zero-order valence-electron chi connectivity index (χ0n) is 14.4. The Labute approximate surface area is 147 Å². The lowest BCUT2D eigenvalue weighted by molar-refractivity contribution is 0.107. The summed E-state index contributed by atoms with van der Waals surface area (Å²) in [6.07, 6.45) is 4.33. The number of fused-ring (bicyclic) bond motifs is 5. The van der Waals surface area contributed by atoms with Gasteiger partial charge in [0.1, 0.15) is 0 Å². The summed E-state index contributed by atoms with van der Waals surface area (Å²) in [6.45, 7) is 1.08. The summed E-state index contributed by atoms with van der Waals surface area (Å²) < 4.78 is 5.70. The molecule has 25 heavy (non-hydrogen) atoms. The first-order valence-corrected chi connectivity index (χ1v) is 9.00.